The smallest absolute Gasteiger partial charge is 0.237 e. The lowest BCUT2D eigenvalue weighted by molar-refractivity contribution is -0.130. The Morgan fingerprint density at radius 2 is 2.37 bits per heavy atom. The summed E-state index contributed by atoms with van der Waals surface area (Å²) in [4.78, 5) is 14.1. The zero-order valence-electron chi connectivity index (χ0n) is 11.1. The fourth-order valence-electron chi connectivity index (χ4n) is 2.70. The predicted molar refractivity (Wildman–Crippen MR) is 77.0 cm³/mol. The van der Waals surface area contributed by atoms with Crippen molar-refractivity contribution in [2.45, 2.75) is 25.4 Å². The SMILES string of the molecule is CCC1C(=O)NCCN1C(CN)c1cccc(Cl)c1. The van der Waals surface area contributed by atoms with Crippen LogP contribution in [0.25, 0.3) is 0 Å². The molecule has 2 unspecified atom stereocenters. The molecule has 0 bridgehead atoms. The molecule has 3 N–H and O–H groups in total. The molecule has 1 heterocycles. The number of carbonyl (C=O) groups excluding carboxylic acids is 1. The second kappa shape index (κ2) is 6.37. The highest BCUT2D eigenvalue weighted by atomic mass is 35.5. The molecular weight excluding hydrogens is 262 g/mol. The topological polar surface area (TPSA) is 58.4 Å². The lowest BCUT2D eigenvalue weighted by Gasteiger charge is -2.40. The standard InChI is InChI=1S/C14H20ClN3O/c1-2-12-14(19)17-6-7-18(12)13(9-16)10-4-3-5-11(15)8-10/h3-5,8,12-13H,2,6-7,9,16H2,1H3,(H,17,19). The molecule has 0 aliphatic carbocycles. The molecule has 1 aromatic rings. The van der Waals surface area contributed by atoms with Crippen molar-refractivity contribution in [1.82, 2.24) is 10.2 Å². The highest BCUT2D eigenvalue weighted by Crippen LogP contribution is 2.26. The molecule has 2 atom stereocenters. The predicted octanol–water partition coefficient (Wildman–Crippen LogP) is 1.55. The normalized spacial score (nSPS) is 22.1. The maximum absolute atomic E-state index is 11.9. The number of nitrogens with two attached hydrogens (primary N) is 1. The van der Waals surface area contributed by atoms with Gasteiger partial charge in [-0.25, -0.2) is 0 Å². The van der Waals surface area contributed by atoms with Crippen LogP contribution in [0.2, 0.25) is 5.02 Å². The van der Waals surface area contributed by atoms with E-state index < -0.39 is 0 Å². The fourth-order valence-corrected chi connectivity index (χ4v) is 2.90. The molecule has 0 spiro atoms. The van der Waals surface area contributed by atoms with Crippen LogP contribution in [0.5, 0.6) is 0 Å². The Bertz CT molecular complexity index is 452. The van der Waals surface area contributed by atoms with Gasteiger partial charge in [-0.2, -0.15) is 0 Å². The quantitative estimate of drug-likeness (QED) is 0.880. The van der Waals surface area contributed by atoms with E-state index in [2.05, 4.69) is 10.2 Å². The first-order valence-corrected chi connectivity index (χ1v) is 7.04. The van der Waals surface area contributed by atoms with Crippen molar-refractivity contribution < 1.29 is 4.79 Å². The number of rotatable bonds is 4. The van der Waals surface area contributed by atoms with Crippen LogP contribution in [-0.4, -0.2) is 36.5 Å². The molecule has 104 valence electrons. The van der Waals surface area contributed by atoms with Gasteiger partial charge in [0.2, 0.25) is 5.91 Å². The van der Waals surface area contributed by atoms with Gasteiger partial charge in [-0.3, -0.25) is 9.69 Å². The van der Waals surface area contributed by atoms with E-state index in [0.717, 1.165) is 18.5 Å². The first kappa shape index (κ1) is 14.3. The van der Waals surface area contributed by atoms with Gasteiger partial charge in [0.1, 0.15) is 0 Å². The Morgan fingerprint density at radius 1 is 1.58 bits per heavy atom. The first-order chi connectivity index (χ1) is 9.17. The summed E-state index contributed by atoms with van der Waals surface area (Å²) in [5.41, 5.74) is 7.00. The highest BCUT2D eigenvalue weighted by Gasteiger charge is 2.33. The van der Waals surface area contributed by atoms with Crippen molar-refractivity contribution in [2.75, 3.05) is 19.6 Å². The number of hydrogen-bond donors (Lipinski definition) is 2. The van der Waals surface area contributed by atoms with Crippen LogP contribution in [0, 0.1) is 0 Å². The van der Waals surface area contributed by atoms with Gasteiger partial charge in [0.25, 0.3) is 0 Å². The van der Waals surface area contributed by atoms with Crippen LogP contribution >= 0.6 is 11.6 Å². The number of halogens is 1. The summed E-state index contributed by atoms with van der Waals surface area (Å²) in [6.45, 7) is 3.99. The van der Waals surface area contributed by atoms with Crippen molar-refractivity contribution in [3.8, 4) is 0 Å². The van der Waals surface area contributed by atoms with Gasteiger partial charge in [-0.1, -0.05) is 30.7 Å². The van der Waals surface area contributed by atoms with E-state index in [1.165, 1.54) is 0 Å². The molecule has 2 rings (SSSR count). The van der Waals surface area contributed by atoms with Gasteiger partial charge >= 0.3 is 0 Å². The minimum Gasteiger partial charge on any atom is -0.353 e. The molecule has 19 heavy (non-hydrogen) atoms. The third kappa shape index (κ3) is 3.08. The molecule has 1 amide bonds. The number of nitrogens with zero attached hydrogens (tertiary/aromatic N) is 1. The fraction of sp³-hybridized carbons (Fsp3) is 0.500. The molecule has 1 saturated heterocycles. The van der Waals surface area contributed by atoms with Crippen LogP contribution in [0.3, 0.4) is 0 Å². The van der Waals surface area contributed by atoms with E-state index in [9.17, 15) is 4.79 Å². The lowest BCUT2D eigenvalue weighted by atomic mass is 10.0. The van der Waals surface area contributed by atoms with Gasteiger partial charge in [0.05, 0.1) is 6.04 Å². The van der Waals surface area contributed by atoms with Gasteiger partial charge in [-0.05, 0) is 24.1 Å². The number of nitrogens with one attached hydrogen (secondary N) is 1. The molecular formula is C14H20ClN3O. The van der Waals surface area contributed by atoms with Gasteiger partial charge < -0.3 is 11.1 Å². The summed E-state index contributed by atoms with van der Waals surface area (Å²) >= 11 is 6.05. The Morgan fingerprint density at radius 3 is 3.00 bits per heavy atom. The zero-order chi connectivity index (χ0) is 13.8. The van der Waals surface area contributed by atoms with E-state index in [0.29, 0.717) is 18.1 Å². The van der Waals surface area contributed by atoms with Gasteiger partial charge in [0.15, 0.2) is 0 Å². The Kier molecular flexibility index (Phi) is 4.80. The number of benzene rings is 1. The molecule has 1 fully saturated rings. The van der Waals surface area contributed by atoms with Crippen LogP contribution < -0.4 is 11.1 Å². The zero-order valence-corrected chi connectivity index (χ0v) is 11.9. The molecule has 1 aromatic carbocycles. The second-order valence-corrected chi connectivity index (χ2v) is 5.20. The number of amides is 1. The van der Waals surface area contributed by atoms with Crippen molar-refractivity contribution in [3.05, 3.63) is 34.9 Å². The maximum atomic E-state index is 11.9. The molecule has 0 saturated carbocycles. The molecule has 1 aliphatic rings. The minimum atomic E-state index is -0.110. The van der Waals surface area contributed by atoms with E-state index >= 15 is 0 Å². The van der Waals surface area contributed by atoms with Gasteiger partial charge in [-0.15, -0.1) is 0 Å². The Balaban J connectivity index is 2.27. The molecule has 4 nitrogen and oxygen atoms in total. The molecule has 1 aliphatic heterocycles. The van der Waals surface area contributed by atoms with Crippen molar-refractivity contribution in [3.63, 3.8) is 0 Å². The molecule has 0 radical (unpaired) electrons. The Hall–Kier alpha value is -1.10. The van der Waals surface area contributed by atoms with Crippen LogP contribution in [-0.2, 0) is 4.79 Å². The number of carbonyl (C=O) groups is 1. The lowest BCUT2D eigenvalue weighted by Crippen LogP contribution is -2.56. The van der Waals surface area contributed by atoms with Crippen molar-refractivity contribution >= 4 is 17.5 Å². The van der Waals surface area contributed by atoms with E-state index in [-0.39, 0.29) is 18.0 Å². The summed E-state index contributed by atoms with van der Waals surface area (Å²) in [5.74, 6) is 0.0919. The second-order valence-electron chi connectivity index (χ2n) is 4.76. The third-order valence-electron chi connectivity index (χ3n) is 3.62. The largest absolute Gasteiger partial charge is 0.353 e. The van der Waals surface area contributed by atoms with E-state index in [4.69, 9.17) is 17.3 Å². The van der Waals surface area contributed by atoms with E-state index in [1.54, 1.807) is 0 Å². The van der Waals surface area contributed by atoms with Crippen molar-refractivity contribution in [2.24, 2.45) is 5.73 Å². The minimum absolute atomic E-state index is 0.0368. The number of piperazine rings is 1. The van der Waals surface area contributed by atoms with Crippen molar-refractivity contribution in [1.29, 1.82) is 0 Å². The summed E-state index contributed by atoms with van der Waals surface area (Å²) in [6, 6.07) is 7.64. The average molecular weight is 282 g/mol. The Labute approximate surface area is 118 Å². The van der Waals surface area contributed by atoms with E-state index in [1.807, 2.05) is 31.2 Å². The monoisotopic (exact) mass is 281 g/mol. The summed E-state index contributed by atoms with van der Waals surface area (Å²) in [5, 5.41) is 3.61. The maximum Gasteiger partial charge on any atom is 0.237 e. The first-order valence-electron chi connectivity index (χ1n) is 6.66. The summed E-state index contributed by atoms with van der Waals surface area (Å²) < 4.78 is 0. The summed E-state index contributed by atoms with van der Waals surface area (Å²) in [6.07, 6.45) is 0.781. The number of hydrogen-bond acceptors (Lipinski definition) is 3. The molecule has 5 heteroatoms. The van der Waals surface area contributed by atoms with Crippen LogP contribution in [0.1, 0.15) is 24.9 Å². The average Bonchev–Trinajstić information content (AvgIpc) is 2.40. The molecule has 0 aromatic heterocycles. The third-order valence-corrected chi connectivity index (χ3v) is 3.85. The van der Waals surface area contributed by atoms with Crippen LogP contribution in [0.4, 0.5) is 0 Å². The van der Waals surface area contributed by atoms with Gasteiger partial charge in [0, 0.05) is 30.7 Å². The van der Waals surface area contributed by atoms with Crippen LogP contribution in [0.15, 0.2) is 24.3 Å². The summed E-state index contributed by atoms with van der Waals surface area (Å²) in [7, 11) is 0. The highest BCUT2D eigenvalue weighted by molar-refractivity contribution is 6.30.